The summed E-state index contributed by atoms with van der Waals surface area (Å²) in [5.74, 6) is 0.695. The van der Waals surface area contributed by atoms with Crippen molar-refractivity contribution in [1.29, 1.82) is 0 Å². The summed E-state index contributed by atoms with van der Waals surface area (Å²) >= 11 is 2.86. The van der Waals surface area contributed by atoms with Crippen LogP contribution in [0, 0.1) is 0 Å². The summed E-state index contributed by atoms with van der Waals surface area (Å²) in [6.45, 7) is 7.51. The monoisotopic (exact) mass is 350 g/mol. The Bertz CT molecular complexity index is 723. The fourth-order valence-electron chi connectivity index (χ4n) is 3.05. The molecular weight excluding hydrogens is 330 g/mol. The van der Waals surface area contributed by atoms with E-state index in [9.17, 15) is 0 Å². The fourth-order valence-corrected chi connectivity index (χ4v) is 4.15. The highest BCUT2D eigenvalue weighted by Gasteiger charge is 2.42. The number of rotatable bonds is 6. The van der Waals surface area contributed by atoms with Gasteiger partial charge in [-0.25, -0.2) is 5.26 Å². The smallest absolute Gasteiger partial charge is 0.209 e. The van der Waals surface area contributed by atoms with Gasteiger partial charge in [-0.05, 0) is 43.0 Å². The van der Waals surface area contributed by atoms with Crippen molar-refractivity contribution in [2.75, 3.05) is 12.3 Å². The molecule has 0 fully saturated rings. The van der Waals surface area contributed by atoms with Crippen molar-refractivity contribution in [2.24, 2.45) is 0 Å². The summed E-state index contributed by atoms with van der Waals surface area (Å²) < 4.78 is 6.79. The van der Waals surface area contributed by atoms with Gasteiger partial charge >= 0.3 is 0 Å². The summed E-state index contributed by atoms with van der Waals surface area (Å²) in [6, 6.07) is 10.9. The molecule has 23 heavy (non-hydrogen) atoms. The van der Waals surface area contributed by atoms with Gasteiger partial charge in [0.05, 0.1) is 11.2 Å². The van der Waals surface area contributed by atoms with E-state index in [1.54, 1.807) is 11.3 Å². The molecule has 1 aromatic heterocycles. The first kappa shape index (κ1) is 16.7. The second-order valence-electron chi connectivity index (χ2n) is 6.04. The summed E-state index contributed by atoms with van der Waals surface area (Å²) in [7, 11) is 0. The molecular formula is C17H20NO3S2+. The quantitative estimate of drug-likeness (QED) is 0.265. The SMILES string of the molecule is CC1=[N+](CCSOOO)c2ccc(-c3cccs3)cc2C1(C)C. The van der Waals surface area contributed by atoms with Crippen molar-refractivity contribution in [3.63, 3.8) is 0 Å². The van der Waals surface area contributed by atoms with Crippen LogP contribution in [0.5, 0.6) is 0 Å². The highest BCUT2D eigenvalue weighted by Crippen LogP contribution is 2.42. The number of hydrogen-bond donors (Lipinski definition) is 1. The van der Waals surface area contributed by atoms with Crippen molar-refractivity contribution in [2.45, 2.75) is 26.2 Å². The molecule has 0 atom stereocenters. The molecule has 122 valence electrons. The first-order valence-electron chi connectivity index (χ1n) is 7.45. The minimum Gasteiger partial charge on any atom is -0.220 e. The fraction of sp³-hybridized carbons (Fsp3) is 0.353. The Morgan fingerprint density at radius 3 is 2.83 bits per heavy atom. The van der Waals surface area contributed by atoms with Gasteiger partial charge in [0.1, 0.15) is 0 Å². The molecule has 1 aliphatic heterocycles. The summed E-state index contributed by atoms with van der Waals surface area (Å²) in [4.78, 5) is 1.30. The van der Waals surface area contributed by atoms with E-state index in [0.717, 1.165) is 18.6 Å². The van der Waals surface area contributed by atoms with Crippen LogP contribution in [0.1, 0.15) is 26.3 Å². The van der Waals surface area contributed by atoms with Crippen molar-refractivity contribution in [3.8, 4) is 10.4 Å². The highest BCUT2D eigenvalue weighted by atomic mass is 32.2. The Balaban J connectivity index is 1.92. The predicted octanol–water partition coefficient (Wildman–Crippen LogP) is 4.88. The van der Waals surface area contributed by atoms with Gasteiger partial charge in [-0.1, -0.05) is 11.1 Å². The molecule has 6 heteroatoms. The van der Waals surface area contributed by atoms with Gasteiger partial charge in [-0.2, -0.15) is 4.58 Å². The molecule has 0 saturated heterocycles. The normalized spacial score (nSPS) is 16.0. The van der Waals surface area contributed by atoms with Crippen LogP contribution >= 0.6 is 23.4 Å². The number of thiophene rings is 1. The Kier molecular flexibility index (Phi) is 4.89. The zero-order valence-electron chi connectivity index (χ0n) is 13.4. The van der Waals surface area contributed by atoms with E-state index in [0.29, 0.717) is 5.75 Å². The van der Waals surface area contributed by atoms with E-state index in [1.165, 1.54) is 27.4 Å². The maximum absolute atomic E-state index is 8.21. The summed E-state index contributed by atoms with van der Waals surface area (Å²) in [5.41, 5.74) is 5.19. The third-order valence-electron chi connectivity index (χ3n) is 4.55. The Hall–Kier alpha value is -1.18. The van der Waals surface area contributed by atoms with Gasteiger partial charge in [0.25, 0.3) is 0 Å². The van der Waals surface area contributed by atoms with E-state index in [4.69, 9.17) is 5.26 Å². The second-order valence-corrected chi connectivity index (χ2v) is 7.76. The Labute approximate surface area is 144 Å². The first-order valence-corrected chi connectivity index (χ1v) is 9.24. The van der Waals surface area contributed by atoms with Crippen LogP contribution in [-0.4, -0.2) is 27.8 Å². The molecule has 2 heterocycles. The standard InChI is InChI=1S/C17H19NO3S2/c1-12-17(2,3)14-11-13(16-5-4-9-22-16)6-7-15(14)18(12)8-10-23-21-20-19/h4-7,9,11H,8,10H2,1-3H3/p+1. The average Bonchev–Trinajstić information content (AvgIpc) is 3.13. The lowest BCUT2D eigenvalue weighted by Gasteiger charge is -2.15. The van der Waals surface area contributed by atoms with E-state index >= 15 is 0 Å². The molecule has 0 unspecified atom stereocenters. The van der Waals surface area contributed by atoms with Crippen LogP contribution < -0.4 is 0 Å². The minimum atomic E-state index is 0.00159. The second kappa shape index (κ2) is 6.75. The van der Waals surface area contributed by atoms with Crippen LogP contribution in [0.3, 0.4) is 0 Å². The molecule has 0 aliphatic carbocycles. The molecule has 4 nitrogen and oxygen atoms in total. The van der Waals surface area contributed by atoms with Crippen molar-refractivity contribution in [3.05, 3.63) is 41.3 Å². The van der Waals surface area contributed by atoms with E-state index < -0.39 is 0 Å². The molecule has 1 aliphatic rings. The van der Waals surface area contributed by atoms with E-state index in [2.05, 4.69) is 70.4 Å². The number of hydrogen-bond acceptors (Lipinski definition) is 5. The van der Waals surface area contributed by atoms with E-state index in [1.807, 2.05) is 0 Å². The number of fused-ring (bicyclic) bond motifs is 1. The van der Waals surface area contributed by atoms with Crippen LogP contribution in [0.4, 0.5) is 5.69 Å². The minimum absolute atomic E-state index is 0.00159. The largest absolute Gasteiger partial charge is 0.220 e. The molecule has 0 saturated carbocycles. The molecule has 1 N–H and O–H groups in total. The first-order chi connectivity index (χ1) is 11.1. The topological polar surface area (TPSA) is 41.7 Å². The van der Waals surface area contributed by atoms with Gasteiger partial charge in [0.15, 0.2) is 12.3 Å². The molecule has 0 bridgehead atoms. The molecule has 2 aromatic rings. The van der Waals surface area contributed by atoms with Gasteiger partial charge in [0.2, 0.25) is 5.69 Å². The summed E-state index contributed by atoms with van der Waals surface area (Å²) in [6.07, 6.45) is 0. The van der Waals surface area contributed by atoms with Gasteiger partial charge in [-0.15, -0.1) is 15.7 Å². The Morgan fingerprint density at radius 2 is 2.13 bits per heavy atom. The maximum Gasteiger partial charge on any atom is 0.209 e. The molecule has 3 rings (SSSR count). The van der Waals surface area contributed by atoms with Crippen molar-refractivity contribution in [1.82, 2.24) is 0 Å². The van der Waals surface area contributed by atoms with Gasteiger partial charge < -0.3 is 0 Å². The highest BCUT2D eigenvalue weighted by molar-refractivity contribution is 7.94. The zero-order chi connectivity index (χ0) is 16.4. The third kappa shape index (κ3) is 3.09. The lowest BCUT2D eigenvalue weighted by molar-refractivity contribution is -0.438. The summed E-state index contributed by atoms with van der Waals surface area (Å²) in [5, 5.41) is 14.0. The lowest BCUT2D eigenvalue weighted by atomic mass is 9.81. The molecule has 0 spiro atoms. The van der Waals surface area contributed by atoms with Gasteiger partial charge in [-0.3, -0.25) is 0 Å². The van der Waals surface area contributed by atoms with Crippen LogP contribution in [0.15, 0.2) is 35.7 Å². The Morgan fingerprint density at radius 1 is 1.30 bits per heavy atom. The average molecular weight is 350 g/mol. The van der Waals surface area contributed by atoms with Crippen molar-refractivity contribution >= 4 is 34.8 Å². The van der Waals surface area contributed by atoms with Crippen LogP contribution in [0.2, 0.25) is 0 Å². The van der Waals surface area contributed by atoms with Gasteiger partial charge in [0, 0.05) is 35.5 Å². The van der Waals surface area contributed by atoms with Crippen molar-refractivity contribution < 1.29 is 19.2 Å². The number of benzene rings is 1. The van der Waals surface area contributed by atoms with Crippen LogP contribution in [0.25, 0.3) is 10.4 Å². The third-order valence-corrected chi connectivity index (χ3v) is 5.98. The molecule has 1 aromatic carbocycles. The lowest BCUT2D eigenvalue weighted by Crippen LogP contribution is -2.27. The molecule has 0 amide bonds. The molecule has 0 radical (unpaired) electrons. The maximum atomic E-state index is 8.21. The predicted molar refractivity (Wildman–Crippen MR) is 95.5 cm³/mol. The zero-order valence-corrected chi connectivity index (χ0v) is 15.0. The number of nitrogens with zero attached hydrogens (tertiary/aromatic N) is 1. The van der Waals surface area contributed by atoms with Crippen LogP contribution in [-0.2, 0) is 14.8 Å². The van der Waals surface area contributed by atoms with E-state index in [-0.39, 0.29) is 5.41 Å².